The number of likely N-dealkylation sites (tertiary alicyclic amines) is 1. The molecule has 1 aliphatic heterocycles. The zero-order valence-corrected chi connectivity index (χ0v) is 13.9. The highest BCUT2D eigenvalue weighted by Crippen LogP contribution is 2.24. The number of aryl methyl sites for hydroxylation is 2. The molecule has 1 amide bonds. The van der Waals surface area contributed by atoms with Crippen molar-refractivity contribution in [3.63, 3.8) is 0 Å². The van der Waals surface area contributed by atoms with E-state index in [-0.39, 0.29) is 11.9 Å². The standard InChI is InChI=1S/C15H25N3O2S/c1-10-4-5-18(13(6-10)7-16)15(19)9-21-8-14-11(2)17-20-12(14)3/h10,13H,4-9,16H2,1-3H3. The highest BCUT2D eigenvalue weighted by Gasteiger charge is 2.28. The van der Waals surface area contributed by atoms with Crippen LogP contribution in [-0.2, 0) is 10.5 Å². The van der Waals surface area contributed by atoms with Crippen molar-refractivity contribution >= 4 is 17.7 Å². The summed E-state index contributed by atoms with van der Waals surface area (Å²) in [6.45, 7) is 7.48. The third kappa shape index (κ3) is 4.01. The van der Waals surface area contributed by atoms with Crippen LogP contribution in [0.5, 0.6) is 0 Å². The summed E-state index contributed by atoms with van der Waals surface area (Å²) in [7, 11) is 0. The molecule has 1 aromatic heterocycles. The number of rotatable bonds is 5. The summed E-state index contributed by atoms with van der Waals surface area (Å²) in [5.41, 5.74) is 7.84. The van der Waals surface area contributed by atoms with Crippen LogP contribution in [0.3, 0.4) is 0 Å². The number of carbonyl (C=O) groups is 1. The molecule has 1 fully saturated rings. The van der Waals surface area contributed by atoms with Gasteiger partial charge in [0.1, 0.15) is 5.76 Å². The van der Waals surface area contributed by atoms with Crippen LogP contribution < -0.4 is 5.73 Å². The third-order valence-electron chi connectivity index (χ3n) is 4.22. The van der Waals surface area contributed by atoms with Crippen molar-refractivity contribution < 1.29 is 9.32 Å². The zero-order chi connectivity index (χ0) is 15.4. The maximum atomic E-state index is 12.4. The van der Waals surface area contributed by atoms with Gasteiger partial charge < -0.3 is 15.2 Å². The predicted molar refractivity (Wildman–Crippen MR) is 85.1 cm³/mol. The normalized spacial score (nSPS) is 22.6. The molecule has 0 bridgehead atoms. The van der Waals surface area contributed by atoms with Gasteiger partial charge in [-0.2, -0.15) is 0 Å². The van der Waals surface area contributed by atoms with Crippen LogP contribution in [0.1, 0.15) is 36.8 Å². The summed E-state index contributed by atoms with van der Waals surface area (Å²) in [5.74, 6) is 2.98. The molecule has 0 spiro atoms. The molecule has 2 atom stereocenters. The molecule has 1 aromatic rings. The second-order valence-electron chi connectivity index (χ2n) is 5.90. The Morgan fingerprint density at radius 2 is 2.29 bits per heavy atom. The molecule has 5 nitrogen and oxygen atoms in total. The SMILES string of the molecule is Cc1noc(C)c1CSCC(=O)N1CCC(C)CC1CN. The highest BCUT2D eigenvalue weighted by molar-refractivity contribution is 7.99. The minimum absolute atomic E-state index is 0.203. The first-order chi connectivity index (χ1) is 10.0. The molecular formula is C15H25N3O2S. The van der Waals surface area contributed by atoms with Gasteiger partial charge in [-0.1, -0.05) is 12.1 Å². The van der Waals surface area contributed by atoms with E-state index in [1.54, 1.807) is 11.8 Å². The van der Waals surface area contributed by atoms with Crippen LogP contribution in [0.15, 0.2) is 4.52 Å². The van der Waals surface area contributed by atoms with Crippen molar-refractivity contribution in [1.29, 1.82) is 0 Å². The van der Waals surface area contributed by atoms with E-state index in [2.05, 4.69) is 12.1 Å². The average molecular weight is 311 g/mol. The van der Waals surface area contributed by atoms with E-state index < -0.39 is 0 Å². The lowest BCUT2D eigenvalue weighted by molar-refractivity contribution is -0.132. The number of hydrogen-bond acceptors (Lipinski definition) is 5. The lowest BCUT2D eigenvalue weighted by Crippen LogP contribution is -2.49. The first-order valence-corrected chi connectivity index (χ1v) is 8.67. The minimum Gasteiger partial charge on any atom is -0.361 e. The molecule has 0 aromatic carbocycles. The molecule has 1 aliphatic rings. The van der Waals surface area contributed by atoms with E-state index in [0.717, 1.165) is 42.2 Å². The molecule has 6 heteroatoms. The summed E-state index contributed by atoms with van der Waals surface area (Å²) < 4.78 is 5.14. The van der Waals surface area contributed by atoms with E-state index in [1.165, 1.54) is 0 Å². The number of thioether (sulfide) groups is 1. The maximum absolute atomic E-state index is 12.4. The van der Waals surface area contributed by atoms with Crippen molar-refractivity contribution in [1.82, 2.24) is 10.1 Å². The first-order valence-electron chi connectivity index (χ1n) is 7.52. The lowest BCUT2D eigenvalue weighted by Gasteiger charge is -2.38. The van der Waals surface area contributed by atoms with Gasteiger partial charge in [0.25, 0.3) is 0 Å². The molecule has 2 unspecified atom stereocenters. The molecule has 2 heterocycles. The van der Waals surface area contributed by atoms with Gasteiger partial charge in [-0.3, -0.25) is 4.79 Å². The number of amides is 1. The van der Waals surface area contributed by atoms with Crippen LogP contribution in [0.2, 0.25) is 0 Å². The van der Waals surface area contributed by atoms with Gasteiger partial charge in [-0.05, 0) is 32.6 Å². The van der Waals surface area contributed by atoms with Crippen molar-refractivity contribution in [2.24, 2.45) is 11.7 Å². The Hall–Kier alpha value is -1.01. The van der Waals surface area contributed by atoms with E-state index in [0.29, 0.717) is 18.2 Å². The Morgan fingerprint density at radius 1 is 1.52 bits per heavy atom. The fourth-order valence-electron chi connectivity index (χ4n) is 2.83. The van der Waals surface area contributed by atoms with E-state index in [1.807, 2.05) is 18.7 Å². The van der Waals surface area contributed by atoms with E-state index in [4.69, 9.17) is 10.3 Å². The molecule has 2 N–H and O–H groups in total. The van der Waals surface area contributed by atoms with Gasteiger partial charge >= 0.3 is 0 Å². The largest absolute Gasteiger partial charge is 0.361 e. The van der Waals surface area contributed by atoms with Crippen LogP contribution in [0.4, 0.5) is 0 Å². The van der Waals surface area contributed by atoms with Crippen LogP contribution in [0.25, 0.3) is 0 Å². The van der Waals surface area contributed by atoms with Crippen molar-refractivity contribution in [2.45, 2.75) is 45.4 Å². The number of carbonyl (C=O) groups excluding carboxylic acids is 1. The maximum Gasteiger partial charge on any atom is 0.232 e. The Bertz CT molecular complexity index is 470. The zero-order valence-electron chi connectivity index (χ0n) is 13.1. The summed E-state index contributed by atoms with van der Waals surface area (Å²) in [6.07, 6.45) is 2.10. The van der Waals surface area contributed by atoms with Crippen LogP contribution >= 0.6 is 11.8 Å². The van der Waals surface area contributed by atoms with Gasteiger partial charge in [0, 0.05) is 30.4 Å². The Kier molecular flexibility index (Phi) is 5.70. The average Bonchev–Trinajstić information content (AvgIpc) is 2.78. The van der Waals surface area contributed by atoms with Crippen molar-refractivity contribution in [3.05, 3.63) is 17.0 Å². The minimum atomic E-state index is 0.203. The topological polar surface area (TPSA) is 72.4 Å². The van der Waals surface area contributed by atoms with Gasteiger partial charge in [0.05, 0.1) is 11.4 Å². The molecule has 0 aliphatic carbocycles. The number of nitrogens with two attached hydrogens (primary N) is 1. The van der Waals surface area contributed by atoms with Crippen molar-refractivity contribution in [3.8, 4) is 0 Å². The van der Waals surface area contributed by atoms with Gasteiger partial charge in [-0.15, -0.1) is 11.8 Å². The van der Waals surface area contributed by atoms with Crippen molar-refractivity contribution in [2.75, 3.05) is 18.8 Å². The number of aromatic nitrogens is 1. The molecule has 21 heavy (non-hydrogen) atoms. The summed E-state index contributed by atoms with van der Waals surface area (Å²) in [4.78, 5) is 14.4. The molecule has 1 saturated heterocycles. The Morgan fingerprint density at radius 3 is 2.90 bits per heavy atom. The second-order valence-corrected chi connectivity index (χ2v) is 6.89. The summed E-state index contributed by atoms with van der Waals surface area (Å²) in [6, 6.07) is 0.209. The molecular weight excluding hydrogens is 286 g/mol. The third-order valence-corrected chi connectivity index (χ3v) is 5.17. The van der Waals surface area contributed by atoms with E-state index in [9.17, 15) is 4.79 Å². The fraction of sp³-hybridized carbons (Fsp3) is 0.733. The smallest absolute Gasteiger partial charge is 0.232 e. The number of nitrogens with zero attached hydrogens (tertiary/aromatic N) is 2. The van der Waals surface area contributed by atoms with Gasteiger partial charge in [0.2, 0.25) is 5.91 Å². The quantitative estimate of drug-likeness (QED) is 0.901. The van der Waals surface area contributed by atoms with Gasteiger partial charge in [-0.25, -0.2) is 0 Å². The van der Waals surface area contributed by atoms with Crippen LogP contribution in [0, 0.1) is 19.8 Å². The predicted octanol–water partition coefficient (Wildman–Crippen LogP) is 2.11. The van der Waals surface area contributed by atoms with Gasteiger partial charge in [0.15, 0.2) is 0 Å². The lowest BCUT2D eigenvalue weighted by atomic mass is 9.92. The summed E-state index contributed by atoms with van der Waals surface area (Å²) in [5, 5.41) is 3.94. The van der Waals surface area contributed by atoms with Crippen LogP contribution in [-0.4, -0.2) is 40.8 Å². The Balaban J connectivity index is 1.84. The Labute approximate surface area is 130 Å². The number of piperidine rings is 1. The van der Waals surface area contributed by atoms with E-state index >= 15 is 0 Å². The second kappa shape index (κ2) is 7.31. The molecule has 0 saturated carbocycles. The molecule has 2 rings (SSSR count). The first kappa shape index (κ1) is 16.4. The molecule has 0 radical (unpaired) electrons. The molecule has 118 valence electrons. The summed E-state index contributed by atoms with van der Waals surface area (Å²) >= 11 is 1.62. The fourth-order valence-corrected chi connectivity index (χ4v) is 3.89. The highest BCUT2D eigenvalue weighted by atomic mass is 32.2. The number of hydrogen-bond donors (Lipinski definition) is 1. The monoisotopic (exact) mass is 311 g/mol.